The van der Waals surface area contributed by atoms with Gasteiger partial charge in [0.2, 0.25) is 0 Å². The Balaban J connectivity index is 0.000000284. The molecule has 0 radical (unpaired) electrons. The maximum absolute atomic E-state index is 3.33. The molecule has 0 unspecified atom stereocenters. The smallest absolute Gasteiger partial charge is 0.169 e. The summed E-state index contributed by atoms with van der Waals surface area (Å²) in [5, 5.41) is 3.82. The highest BCUT2D eigenvalue weighted by atomic mass is 127. The predicted molar refractivity (Wildman–Crippen MR) is 377 cm³/mol. The van der Waals surface area contributed by atoms with E-state index in [1.165, 1.54) is 259 Å². The van der Waals surface area contributed by atoms with Crippen molar-refractivity contribution in [2.45, 2.75) is 233 Å². The zero-order valence-corrected chi connectivity index (χ0v) is 61.8. The zero-order chi connectivity index (χ0) is 60.5. The molecule has 9 aromatic rings. The van der Waals surface area contributed by atoms with Crippen molar-refractivity contribution in [3.63, 3.8) is 0 Å². The quantitative estimate of drug-likeness (QED) is 0.0195. The summed E-state index contributed by atoms with van der Waals surface area (Å²) in [5.74, 6) is 0. The number of halogens is 3. The van der Waals surface area contributed by atoms with Crippen LogP contribution in [0.25, 0.3) is 69.2 Å². The largest absolute Gasteiger partial charge is 1.00 e. The number of nitrogens with one attached hydrogen (secondary N) is 3. The molecule has 3 aromatic carbocycles. The Labute approximate surface area is 595 Å². The van der Waals surface area contributed by atoms with Crippen molar-refractivity contribution in [1.29, 1.82) is 0 Å². The Morgan fingerprint density at radius 2 is 0.467 bits per heavy atom. The number of H-pyrrole nitrogens is 3. The van der Waals surface area contributed by atoms with Gasteiger partial charge in [0.15, 0.2) is 37.2 Å². The second kappa shape index (κ2) is 48.8. The molecule has 6 aromatic heterocycles. The monoisotopic (exact) mass is 1550 g/mol. The van der Waals surface area contributed by atoms with Crippen molar-refractivity contribution in [2.24, 2.45) is 0 Å². The third-order valence-electron chi connectivity index (χ3n) is 17.3. The van der Waals surface area contributed by atoms with Crippen LogP contribution < -0.4 is 85.6 Å². The molecule has 0 amide bonds. The second-order valence-corrected chi connectivity index (χ2v) is 24.5. The summed E-state index contributed by atoms with van der Waals surface area (Å²) in [7, 11) is 0. The lowest BCUT2D eigenvalue weighted by Crippen LogP contribution is -3.00. The van der Waals surface area contributed by atoms with Crippen LogP contribution >= 0.6 is 0 Å². The first-order valence-corrected chi connectivity index (χ1v) is 34.8. The van der Waals surface area contributed by atoms with E-state index in [4.69, 9.17) is 0 Å². The summed E-state index contributed by atoms with van der Waals surface area (Å²) in [6.45, 7) is 10.2. The molecule has 9 rings (SSSR count). The van der Waals surface area contributed by atoms with E-state index in [9.17, 15) is 0 Å². The Bertz CT molecular complexity index is 2940. The molecule has 0 aliphatic rings. The number of aromatic amines is 3. The molecule has 0 fully saturated rings. The van der Waals surface area contributed by atoms with Gasteiger partial charge in [0, 0.05) is 107 Å². The molecule has 6 nitrogen and oxygen atoms in total. The van der Waals surface area contributed by atoms with Crippen molar-refractivity contribution in [3.05, 3.63) is 198 Å². The Kier molecular flexibility index (Phi) is 42.1. The molecule has 90 heavy (non-hydrogen) atoms. The topological polar surface area (TPSA) is 59.0 Å². The normalized spacial score (nSPS) is 11.2. The maximum Gasteiger partial charge on any atom is 0.169 e. The Morgan fingerprint density at radius 1 is 0.256 bits per heavy atom. The zero-order valence-electron chi connectivity index (χ0n) is 55.4. The number of hydrogen-bond donors (Lipinski definition) is 3. The average molecular weight is 1550 g/mol. The number of fused-ring (bicyclic) bond motifs is 3. The van der Waals surface area contributed by atoms with Crippen molar-refractivity contribution in [1.82, 2.24) is 15.0 Å². The fourth-order valence-corrected chi connectivity index (χ4v) is 11.8. The van der Waals surface area contributed by atoms with Gasteiger partial charge in [0.1, 0.15) is 19.6 Å². The number of rotatable bonds is 39. The molecule has 0 atom stereocenters. The molecule has 0 aliphatic heterocycles. The van der Waals surface area contributed by atoms with E-state index in [1.807, 2.05) is 0 Å². The van der Waals surface area contributed by atoms with Gasteiger partial charge in [-0.05, 0) is 70.8 Å². The molecule has 0 bridgehead atoms. The van der Waals surface area contributed by atoms with Crippen molar-refractivity contribution in [3.8, 4) is 0 Å². The minimum Gasteiger partial charge on any atom is -1.00 e. The molecular weight excluding hydrogens is 1440 g/mol. The Hall–Kier alpha value is -4.86. The van der Waals surface area contributed by atoms with Crippen molar-refractivity contribution in [2.75, 3.05) is 0 Å². The first-order valence-electron chi connectivity index (χ1n) is 34.8. The molecular formula is C81H111I3N6. The van der Waals surface area contributed by atoms with Crippen LogP contribution in [0.3, 0.4) is 0 Å². The van der Waals surface area contributed by atoms with Crippen LogP contribution in [0.15, 0.2) is 165 Å². The van der Waals surface area contributed by atoms with Gasteiger partial charge < -0.3 is 86.9 Å². The fraction of sp³-hybridized carbons (Fsp3) is 0.444. The molecule has 0 saturated carbocycles. The third kappa shape index (κ3) is 30.3. The van der Waals surface area contributed by atoms with E-state index in [0.717, 1.165) is 19.6 Å². The lowest BCUT2D eigenvalue weighted by Gasteiger charge is -2.01. The first kappa shape index (κ1) is 77.6. The maximum atomic E-state index is 3.33. The van der Waals surface area contributed by atoms with E-state index >= 15 is 0 Å². The van der Waals surface area contributed by atoms with Gasteiger partial charge >= 0.3 is 0 Å². The van der Waals surface area contributed by atoms with Crippen LogP contribution in [0.5, 0.6) is 0 Å². The molecule has 3 N–H and O–H groups in total. The number of nitrogens with zero attached hydrogens (tertiary/aromatic N) is 3. The van der Waals surface area contributed by atoms with E-state index in [1.54, 1.807) is 0 Å². The SMILES string of the molecule is CCCCCCCCCCCC[n+]1ccc(/C=C/c2c[nH]c3ccccc23)cc1.CCCCCCCCCCCC[n+]1ccc(/C=C/c2c[nH]c3ccccc23)cc1.CCCCCCCCCCCC[n+]1ccc(/C=C/c2c[nH]c3ccccc23)cc1.[I-].[I-].[I-]. The van der Waals surface area contributed by atoms with Crippen LogP contribution in [0.1, 0.15) is 247 Å². The molecule has 0 spiro atoms. The number of benzene rings is 3. The summed E-state index contributed by atoms with van der Waals surface area (Å²) in [5.41, 5.74) is 11.0. The third-order valence-corrected chi connectivity index (χ3v) is 17.3. The molecule has 0 saturated heterocycles. The minimum absolute atomic E-state index is 0. The van der Waals surface area contributed by atoms with Crippen molar-refractivity contribution >= 4 is 69.2 Å². The molecule has 0 aliphatic carbocycles. The van der Waals surface area contributed by atoms with E-state index in [-0.39, 0.29) is 71.9 Å². The van der Waals surface area contributed by atoms with Gasteiger partial charge in [-0.2, -0.15) is 0 Å². The number of para-hydroxylation sites is 3. The van der Waals surface area contributed by atoms with Gasteiger partial charge in [-0.15, -0.1) is 0 Å². The summed E-state index contributed by atoms with van der Waals surface area (Å²) in [4.78, 5) is 9.99. The highest BCUT2D eigenvalue weighted by Crippen LogP contribution is 2.23. The predicted octanol–water partition coefficient (Wildman–Crippen LogP) is 13.7. The lowest BCUT2D eigenvalue weighted by molar-refractivity contribution is -0.697. The van der Waals surface area contributed by atoms with Crippen LogP contribution in [0.4, 0.5) is 0 Å². The van der Waals surface area contributed by atoms with Crippen LogP contribution in [-0.4, -0.2) is 15.0 Å². The van der Waals surface area contributed by atoms with Crippen LogP contribution in [0, 0.1) is 0 Å². The highest BCUT2D eigenvalue weighted by Gasteiger charge is 2.06. The van der Waals surface area contributed by atoms with E-state index in [2.05, 4.69) is 251 Å². The Morgan fingerprint density at radius 3 is 0.700 bits per heavy atom. The number of hydrogen-bond acceptors (Lipinski definition) is 0. The van der Waals surface area contributed by atoms with E-state index < -0.39 is 0 Å². The first-order chi connectivity index (χ1) is 43.1. The summed E-state index contributed by atoms with van der Waals surface area (Å²) in [6, 6.07) is 38.6. The van der Waals surface area contributed by atoms with Gasteiger partial charge in [0.05, 0.1) is 0 Å². The van der Waals surface area contributed by atoms with Gasteiger partial charge in [-0.25, -0.2) is 13.7 Å². The molecule has 6 heterocycles. The van der Waals surface area contributed by atoms with Crippen LogP contribution in [-0.2, 0) is 19.6 Å². The average Bonchev–Trinajstić information content (AvgIpc) is 3.41. The summed E-state index contributed by atoms with van der Waals surface area (Å²) < 4.78 is 6.94. The van der Waals surface area contributed by atoms with Crippen LogP contribution in [0.2, 0.25) is 0 Å². The lowest BCUT2D eigenvalue weighted by atomic mass is 10.1. The second-order valence-electron chi connectivity index (χ2n) is 24.5. The van der Waals surface area contributed by atoms with Gasteiger partial charge in [-0.3, -0.25) is 0 Å². The fourth-order valence-electron chi connectivity index (χ4n) is 11.8. The summed E-state index contributed by atoms with van der Waals surface area (Å²) >= 11 is 0. The number of aromatic nitrogens is 6. The van der Waals surface area contributed by atoms with Gasteiger partial charge in [0.25, 0.3) is 0 Å². The molecule has 486 valence electrons. The minimum atomic E-state index is 0. The van der Waals surface area contributed by atoms with Crippen molar-refractivity contribution < 1.29 is 85.6 Å². The van der Waals surface area contributed by atoms with Gasteiger partial charge in [-0.1, -0.05) is 266 Å². The highest BCUT2D eigenvalue weighted by molar-refractivity contribution is 5.93. The van der Waals surface area contributed by atoms with E-state index in [0.29, 0.717) is 0 Å². The number of pyridine rings is 3. The number of unbranched alkanes of at least 4 members (excludes halogenated alkanes) is 27. The number of aryl methyl sites for hydroxylation is 3. The standard InChI is InChI=1S/3C27H36N2.3HI/c3*1-2-3-4-5-6-7-8-9-10-13-20-29-21-18-24(19-22-29)16-17-25-23-28-27-15-12-11-14-26(25)27;;;/h3*11-12,14-19,21-23H,2-10,13,20H2,1H3;3*1H. The molecule has 9 heteroatoms. The summed E-state index contributed by atoms with van der Waals surface area (Å²) in [6.07, 6.45) is 74.4.